The number of nitrogens with one attached hydrogen (secondary N) is 1. The van der Waals surface area contributed by atoms with Crippen molar-refractivity contribution in [1.29, 1.82) is 0 Å². The van der Waals surface area contributed by atoms with Crippen LogP contribution in [0.1, 0.15) is 25.8 Å². The van der Waals surface area contributed by atoms with E-state index in [1.54, 1.807) is 6.33 Å². The summed E-state index contributed by atoms with van der Waals surface area (Å²) in [5.41, 5.74) is 2.90. The molecule has 0 bridgehead atoms. The first-order valence-electron chi connectivity index (χ1n) is 7.40. The highest BCUT2D eigenvalue weighted by atomic mass is 16.3. The van der Waals surface area contributed by atoms with Crippen LogP contribution in [0, 0.1) is 0 Å². The number of rotatable bonds is 5. The molecule has 0 atom stereocenters. The van der Waals surface area contributed by atoms with Crippen LogP contribution in [0.4, 0.5) is 5.82 Å². The van der Waals surface area contributed by atoms with Gasteiger partial charge >= 0.3 is 0 Å². The van der Waals surface area contributed by atoms with Crippen LogP contribution in [0.5, 0.6) is 0 Å². The highest BCUT2D eigenvalue weighted by Gasteiger charge is 2.15. The van der Waals surface area contributed by atoms with Crippen LogP contribution < -0.4 is 5.32 Å². The van der Waals surface area contributed by atoms with Crippen molar-refractivity contribution in [3.05, 3.63) is 42.2 Å². The maximum Gasteiger partial charge on any atom is 0.154 e. The Labute approximate surface area is 124 Å². The van der Waals surface area contributed by atoms with Crippen molar-refractivity contribution in [2.75, 3.05) is 11.9 Å². The highest BCUT2D eigenvalue weighted by molar-refractivity contribution is 5.83. The second-order valence-corrected chi connectivity index (χ2v) is 4.98. The fourth-order valence-electron chi connectivity index (χ4n) is 2.53. The van der Waals surface area contributed by atoms with Crippen LogP contribution in [0.15, 0.2) is 41.1 Å². The molecule has 108 valence electrons. The molecule has 2 aromatic heterocycles. The Morgan fingerprint density at radius 1 is 1.14 bits per heavy atom. The molecule has 3 aromatic rings. The van der Waals surface area contributed by atoms with Gasteiger partial charge in [-0.05, 0) is 25.5 Å². The van der Waals surface area contributed by atoms with E-state index in [1.807, 2.05) is 30.3 Å². The number of para-hydroxylation sites is 1. The molecule has 0 aliphatic carbocycles. The van der Waals surface area contributed by atoms with Crippen LogP contribution in [0.3, 0.4) is 0 Å². The summed E-state index contributed by atoms with van der Waals surface area (Å²) < 4.78 is 5.96. The molecule has 4 heteroatoms. The topological polar surface area (TPSA) is 51.0 Å². The molecule has 0 unspecified atom stereocenters. The van der Waals surface area contributed by atoms with Crippen molar-refractivity contribution >= 4 is 16.8 Å². The quantitative estimate of drug-likeness (QED) is 0.758. The molecule has 0 saturated heterocycles. The maximum absolute atomic E-state index is 5.96. The minimum Gasteiger partial charge on any atom is -0.454 e. The number of aromatic nitrogens is 2. The van der Waals surface area contributed by atoms with Gasteiger partial charge in [0, 0.05) is 17.5 Å². The van der Waals surface area contributed by atoms with Crippen LogP contribution in [-0.4, -0.2) is 16.5 Å². The summed E-state index contributed by atoms with van der Waals surface area (Å²) in [7, 11) is 0. The Hall–Kier alpha value is -2.36. The number of anilines is 1. The van der Waals surface area contributed by atoms with E-state index in [4.69, 9.17) is 4.42 Å². The van der Waals surface area contributed by atoms with Crippen LogP contribution in [0.25, 0.3) is 22.4 Å². The third-order valence-electron chi connectivity index (χ3n) is 3.45. The minimum absolute atomic E-state index is 0.807. The van der Waals surface area contributed by atoms with Crippen LogP contribution >= 0.6 is 0 Å². The van der Waals surface area contributed by atoms with Crippen molar-refractivity contribution in [1.82, 2.24) is 9.97 Å². The Bertz CT molecular complexity index is 716. The molecule has 0 fully saturated rings. The van der Waals surface area contributed by atoms with E-state index in [-0.39, 0.29) is 0 Å². The van der Waals surface area contributed by atoms with Gasteiger partial charge in [-0.2, -0.15) is 0 Å². The average molecular weight is 281 g/mol. The number of hydrogen-bond donors (Lipinski definition) is 1. The van der Waals surface area contributed by atoms with Crippen molar-refractivity contribution in [2.24, 2.45) is 0 Å². The van der Waals surface area contributed by atoms with Gasteiger partial charge in [-0.15, -0.1) is 0 Å². The summed E-state index contributed by atoms with van der Waals surface area (Å²) in [5, 5.41) is 4.41. The molecule has 0 saturated carbocycles. The first-order chi connectivity index (χ1) is 10.3. The summed E-state index contributed by atoms with van der Waals surface area (Å²) in [4.78, 5) is 8.82. The van der Waals surface area contributed by atoms with E-state index >= 15 is 0 Å². The number of nitrogens with zero attached hydrogens (tertiary/aromatic N) is 2. The molecule has 0 aliphatic rings. The second-order valence-electron chi connectivity index (χ2n) is 4.98. The predicted molar refractivity (Wildman–Crippen MR) is 85.4 cm³/mol. The lowest BCUT2D eigenvalue weighted by Crippen LogP contribution is -2.06. The molecule has 2 heterocycles. The third-order valence-corrected chi connectivity index (χ3v) is 3.45. The van der Waals surface area contributed by atoms with Gasteiger partial charge in [0.1, 0.15) is 23.4 Å². The molecule has 0 spiro atoms. The zero-order valence-electron chi connectivity index (χ0n) is 12.4. The molecule has 1 N–H and O–H groups in total. The summed E-state index contributed by atoms with van der Waals surface area (Å²) in [6, 6.07) is 10.1. The zero-order valence-corrected chi connectivity index (χ0v) is 12.4. The zero-order chi connectivity index (χ0) is 14.7. The van der Waals surface area contributed by atoms with Gasteiger partial charge in [0.15, 0.2) is 5.76 Å². The summed E-state index contributed by atoms with van der Waals surface area (Å²) in [6.45, 7) is 5.07. The van der Waals surface area contributed by atoms with E-state index < -0.39 is 0 Å². The summed E-state index contributed by atoms with van der Waals surface area (Å²) >= 11 is 0. The van der Waals surface area contributed by atoms with E-state index in [1.165, 1.54) is 0 Å². The van der Waals surface area contributed by atoms with E-state index in [9.17, 15) is 0 Å². The van der Waals surface area contributed by atoms with Crippen molar-refractivity contribution < 1.29 is 4.42 Å². The van der Waals surface area contributed by atoms with Gasteiger partial charge in [0.05, 0.1) is 0 Å². The minimum atomic E-state index is 0.807. The van der Waals surface area contributed by atoms with Crippen LogP contribution in [0.2, 0.25) is 0 Å². The summed E-state index contributed by atoms with van der Waals surface area (Å²) in [6.07, 6.45) is 3.56. The lowest BCUT2D eigenvalue weighted by Gasteiger charge is -2.11. The molecule has 0 amide bonds. The highest BCUT2D eigenvalue weighted by Crippen LogP contribution is 2.31. The molecule has 21 heavy (non-hydrogen) atoms. The lowest BCUT2D eigenvalue weighted by molar-refractivity contribution is 0.626. The first kappa shape index (κ1) is 13.6. The molecule has 0 aliphatic heterocycles. The Balaban J connectivity index is 2.13. The Morgan fingerprint density at radius 2 is 2.00 bits per heavy atom. The van der Waals surface area contributed by atoms with Crippen molar-refractivity contribution in [2.45, 2.75) is 26.7 Å². The van der Waals surface area contributed by atoms with Gasteiger partial charge in [0.2, 0.25) is 0 Å². The smallest absolute Gasteiger partial charge is 0.154 e. The van der Waals surface area contributed by atoms with Gasteiger partial charge in [0.25, 0.3) is 0 Å². The average Bonchev–Trinajstić information content (AvgIpc) is 2.93. The Kier molecular flexibility index (Phi) is 3.86. The normalized spacial score (nSPS) is 11.0. The number of fused-ring (bicyclic) bond motifs is 1. The van der Waals surface area contributed by atoms with Gasteiger partial charge in [-0.25, -0.2) is 9.97 Å². The molecule has 3 rings (SSSR count). The van der Waals surface area contributed by atoms with Gasteiger partial charge < -0.3 is 9.73 Å². The second kappa shape index (κ2) is 5.95. The van der Waals surface area contributed by atoms with E-state index in [0.717, 1.165) is 53.2 Å². The third kappa shape index (κ3) is 2.61. The standard InChI is InChI=1S/C17H19N3O/c1-3-7-13-16(19-11-20-17(13)18-4-2)15-10-12-8-5-6-9-14(12)21-15/h5-6,8-11H,3-4,7H2,1-2H3,(H,18,19,20). The van der Waals surface area contributed by atoms with E-state index in [2.05, 4.69) is 29.1 Å². The lowest BCUT2D eigenvalue weighted by atomic mass is 10.1. The SMILES string of the molecule is CCCc1c(NCC)ncnc1-c1cc2ccccc2o1. The predicted octanol–water partition coefficient (Wildman–Crippen LogP) is 4.27. The van der Waals surface area contributed by atoms with Crippen molar-refractivity contribution in [3.8, 4) is 11.5 Å². The van der Waals surface area contributed by atoms with Crippen molar-refractivity contribution in [3.63, 3.8) is 0 Å². The fraction of sp³-hybridized carbons (Fsp3) is 0.294. The number of furan rings is 1. The first-order valence-corrected chi connectivity index (χ1v) is 7.40. The fourth-order valence-corrected chi connectivity index (χ4v) is 2.53. The van der Waals surface area contributed by atoms with Gasteiger partial charge in [-0.3, -0.25) is 0 Å². The van der Waals surface area contributed by atoms with Crippen LogP contribution in [-0.2, 0) is 6.42 Å². The maximum atomic E-state index is 5.96. The summed E-state index contributed by atoms with van der Waals surface area (Å²) in [5.74, 6) is 1.71. The number of hydrogen-bond acceptors (Lipinski definition) is 4. The monoisotopic (exact) mass is 281 g/mol. The molecule has 0 radical (unpaired) electrons. The molecular formula is C17H19N3O. The number of benzene rings is 1. The molecular weight excluding hydrogens is 262 g/mol. The van der Waals surface area contributed by atoms with Gasteiger partial charge in [-0.1, -0.05) is 31.5 Å². The largest absolute Gasteiger partial charge is 0.454 e. The molecule has 4 nitrogen and oxygen atoms in total. The Morgan fingerprint density at radius 3 is 2.76 bits per heavy atom. The van der Waals surface area contributed by atoms with E-state index in [0.29, 0.717) is 0 Å². The molecule has 1 aromatic carbocycles.